The van der Waals surface area contributed by atoms with Crippen molar-refractivity contribution in [2.45, 2.75) is 24.2 Å². The van der Waals surface area contributed by atoms with Crippen molar-refractivity contribution in [3.8, 4) is 51.8 Å². The molecule has 4 unspecified atom stereocenters. The van der Waals surface area contributed by atoms with Gasteiger partial charge in [0.15, 0.2) is 29.9 Å². The zero-order valence-corrected chi connectivity index (χ0v) is 26.7. The van der Waals surface area contributed by atoms with E-state index >= 15 is 0 Å². The summed E-state index contributed by atoms with van der Waals surface area (Å²) < 4.78 is 34.5. The van der Waals surface area contributed by atoms with E-state index in [1.54, 1.807) is 0 Å². The second-order valence-corrected chi connectivity index (χ2v) is 13.5. The number of hydrogen-bond acceptors (Lipinski definition) is 5. The molecule has 6 aromatic rings. The molecule has 11 rings (SSSR count). The maximum Gasteiger partial charge on any atom is 0.373 e. The highest BCUT2D eigenvalue weighted by Gasteiger charge is 2.48. The highest BCUT2D eigenvalue weighted by Crippen LogP contribution is 2.45. The average Bonchev–Trinajstić information content (AvgIpc) is 4.00. The molecule has 4 aromatic carbocycles. The van der Waals surface area contributed by atoms with E-state index < -0.39 is 0 Å². The highest BCUT2D eigenvalue weighted by molar-refractivity contribution is 5.69. The molecule has 0 aliphatic carbocycles. The van der Waals surface area contributed by atoms with Gasteiger partial charge in [-0.15, -0.1) is 0 Å². The van der Waals surface area contributed by atoms with Crippen molar-refractivity contribution in [3.05, 3.63) is 137 Å². The molecule has 4 atom stereocenters. The molecule has 5 aliphatic rings. The van der Waals surface area contributed by atoms with Crippen LogP contribution in [0.5, 0.6) is 23.5 Å². The maximum atomic E-state index is 9.43. The maximum absolute atomic E-state index is 9.43. The van der Waals surface area contributed by atoms with Crippen LogP contribution < -0.4 is 28.1 Å². The summed E-state index contributed by atoms with van der Waals surface area (Å²) in [6.07, 6.45) is 4.30. The fourth-order valence-corrected chi connectivity index (χ4v) is 8.25. The lowest BCUT2D eigenvalue weighted by Gasteiger charge is -2.17. The molecule has 7 heterocycles. The van der Waals surface area contributed by atoms with E-state index in [4.69, 9.17) is 25.5 Å². The van der Waals surface area contributed by atoms with Crippen LogP contribution in [0.25, 0.3) is 27.1 Å². The molecule has 240 valence electrons. The second-order valence-electron chi connectivity index (χ2n) is 13.5. The molecule has 10 nitrogen and oxygen atoms in total. The van der Waals surface area contributed by atoms with Gasteiger partial charge in [-0.3, -0.25) is 0 Å². The van der Waals surface area contributed by atoms with Gasteiger partial charge < -0.3 is 18.9 Å². The van der Waals surface area contributed by atoms with Crippen LogP contribution in [0.1, 0.15) is 52.0 Å². The van der Waals surface area contributed by atoms with Gasteiger partial charge in [0.05, 0.1) is 18.2 Å². The van der Waals surface area contributed by atoms with E-state index in [0.29, 0.717) is 37.7 Å². The van der Waals surface area contributed by atoms with Crippen LogP contribution in [0.2, 0.25) is 0 Å². The average molecular weight is 657 g/mol. The minimum absolute atomic E-state index is 0.0689. The van der Waals surface area contributed by atoms with Crippen molar-refractivity contribution < 1.29 is 28.1 Å². The molecule has 0 radical (unpaired) electrons. The molecule has 0 N–H and O–H groups in total. The first kappa shape index (κ1) is 27.4. The quantitative estimate of drug-likeness (QED) is 0.172. The van der Waals surface area contributed by atoms with Gasteiger partial charge in [0.25, 0.3) is 12.7 Å². The van der Waals surface area contributed by atoms with Crippen LogP contribution >= 0.6 is 0 Å². The number of aromatic nitrogens is 4. The van der Waals surface area contributed by atoms with E-state index in [1.165, 1.54) is 0 Å². The van der Waals surface area contributed by atoms with Crippen LogP contribution in [-0.4, -0.2) is 35.6 Å². The van der Waals surface area contributed by atoms with Gasteiger partial charge in [0.2, 0.25) is 0 Å². The lowest BCUT2D eigenvalue weighted by Crippen LogP contribution is -2.38. The molecule has 50 heavy (non-hydrogen) atoms. The predicted molar refractivity (Wildman–Crippen MR) is 179 cm³/mol. The molecule has 5 aliphatic heterocycles. The summed E-state index contributed by atoms with van der Waals surface area (Å²) in [5.74, 6) is 2.96. The molecule has 0 saturated carbocycles. The molecule has 10 heteroatoms. The van der Waals surface area contributed by atoms with Crippen molar-refractivity contribution in [3.63, 3.8) is 0 Å². The van der Waals surface area contributed by atoms with E-state index in [2.05, 4.69) is 78.2 Å². The Labute approximate surface area is 286 Å². The molecular formula is C40H28N6O4+2. The number of hydrogen-bond donors (Lipinski definition) is 0. The third-order valence-corrected chi connectivity index (χ3v) is 10.8. The van der Waals surface area contributed by atoms with Crippen molar-refractivity contribution in [2.75, 3.05) is 26.4 Å². The van der Waals surface area contributed by atoms with Gasteiger partial charge in [-0.1, -0.05) is 36.4 Å². The smallest absolute Gasteiger partial charge is 0.373 e. The third-order valence-electron chi connectivity index (χ3n) is 10.8. The first-order valence-electron chi connectivity index (χ1n) is 16.7. The Morgan fingerprint density at radius 1 is 0.600 bits per heavy atom. The Balaban J connectivity index is 1.13. The molecule has 0 spiro atoms. The summed E-state index contributed by atoms with van der Waals surface area (Å²) in [7, 11) is 0. The number of fused-ring (bicyclic) bond motifs is 10. The Kier molecular flexibility index (Phi) is 5.49. The normalized spacial score (nSPS) is 21.1. The molecule has 2 aromatic heterocycles. The monoisotopic (exact) mass is 656 g/mol. The zero-order valence-electron chi connectivity index (χ0n) is 26.7. The van der Waals surface area contributed by atoms with E-state index in [-0.39, 0.29) is 24.2 Å². The minimum Gasteiger partial charge on any atom is -0.452 e. The van der Waals surface area contributed by atoms with Gasteiger partial charge in [-0.05, 0) is 70.8 Å². The Morgan fingerprint density at radius 3 is 1.58 bits per heavy atom. The van der Waals surface area contributed by atoms with Gasteiger partial charge in [0.1, 0.15) is 26.4 Å². The summed E-state index contributed by atoms with van der Waals surface area (Å²) in [6, 6.07) is 31.0. The number of rotatable bonds is 2. The number of nitrogens with zero attached hydrogens (tertiary/aromatic N) is 6. The highest BCUT2D eigenvalue weighted by atomic mass is 16.6. The van der Waals surface area contributed by atoms with Crippen molar-refractivity contribution in [1.82, 2.24) is 9.13 Å². The number of ether oxygens (including phenoxy) is 4. The van der Waals surface area contributed by atoms with Crippen molar-refractivity contribution in [2.24, 2.45) is 0 Å². The summed E-state index contributed by atoms with van der Waals surface area (Å²) in [5, 5.41) is 9.43. The Hall–Kier alpha value is -6.52. The summed E-state index contributed by atoms with van der Waals surface area (Å²) in [5.41, 5.74) is 9.98. The van der Waals surface area contributed by atoms with Crippen LogP contribution in [0.3, 0.4) is 0 Å². The first-order valence-corrected chi connectivity index (χ1v) is 16.7. The Bertz CT molecular complexity index is 2220. The number of nitriles is 1. The molecule has 0 amide bonds. The number of benzene rings is 4. The molecule has 0 saturated heterocycles. The molecule has 0 fully saturated rings. The summed E-state index contributed by atoms with van der Waals surface area (Å²) >= 11 is 0. The van der Waals surface area contributed by atoms with Gasteiger partial charge in [-0.2, -0.15) is 23.5 Å². The topological polar surface area (TPSA) is 82.7 Å². The van der Waals surface area contributed by atoms with Gasteiger partial charge >= 0.3 is 23.5 Å². The SMILES string of the molecule is [C-]#[N+]c1ccc(-c2cc3cc(c2)C2COc4c5n(c[n+]42)C(CO5)c2cc(-c4ccc(C#N)cc4)cc(c2)C2COc4c5[n+](cn42)C3CO5)cc1. The van der Waals surface area contributed by atoms with E-state index in [1.807, 2.05) is 48.5 Å². The summed E-state index contributed by atoms with van der Waals surface area (Å²) in [4.78, 5) is 3.60. The second kappa shape index (κ2) is 10.0. The van der Waals surface area contributed by atoms with Crippen LogP contribution in [0.15, 0.2) is 97.6 Å². The van der Waals surface area contributed by atoms with Gasteiger partial charge in [-0.25, -0.2) is 4.85 Å². The standard InChI is InChI=1S/C40H28N6O4/c1-42-32-8-6-25(7-9-32)27-12-30-15-31(13-27)36-20-50-40-38-44(22-46(36)40)34(18-48-38)29-11-26(24-4-2-23(16-41)3-5-24)10-28(14-29)33-17-47-37-39-45(21-43(33)37)35(30)19-49-39/h2-15,21-22,33-36H,17-20H2/q+2. The lowest BCUT2D eigenvalue weighted by molar-refractivity contribution is -0.697. The summed E-state index contributed by atoms with van der Waals surface area (Å²) in [6.45, 7) is 9.39. The van der Waals surface area contributed by atoms with E-state index in [0.717, 1.165) is 68.0 Å². The molecule has 8 bridgehead atoms. The number of imidazole rings is 2. The van der Waals surface area contributed by atoms with Gasteiger partial charge in [0, 0.05) is 22.3 Å². The molecular weight excluding hydrogens is 628 g/mol. The third kappa shape index (κ3) is 3.81. The predicted octanol–water partition coefficient (Wildman–Crippen LogP) is 5.86. The van der Waals surface area contributed by atoms with Crippen LogP contribution in [-0.2, 0) is 0 Å². The fourth-order valence-electron chi connectivity index (χ4n) is 8.25. The fraction of sp³-hybridized carbons (Fsp3) is 0.200. The minimum atomic E-state index is -0.0706. The van der Waals surface area contributed by atoms with Crippen LogP contribution in [0.4, 0.5) is 5.69 Å². The lowest BCUT2D eigenvalue weighted by atomic mass is 9.93. The first-order chi connectivity index (χ1) is 24.6. The zero-order chi connectivity index (χ0) is 33.1. The van der Waals surface area contributed by atoms with Crippen LogP contribution in [0, 0.1) is 17.9 Å². The Morgan fingerprint density at radius 2 is 1.08 bits per heavy atom. The van der Waals surface area contributed by atoms with Crippen molar-refractivity contribution >= 4 is 5.69 Å². The van der Waals surface area contributed by atoms with Crippen molar-refractivity contribution in [1.29, 1.82) is 5.26 Å². The largest absolute Gasteiger partial charge is 0.452 e. The van der Waals surface area contributed by atoms with E-state index in [9.17, 15) is 5.26 Å².